The van der Waals surface area contributed by atoms with Crippen LogP contribution >= 0.6 is 11.6 Å². The van der Waals surface area contributed by atoms with Gasteiger partial charge in [0.25, 0.3) is 5.91 Å². The highest BCUT2D eigenvalue weighted by Crippen LogP contribution is 2.15. The second-order valence-corrected chi connectivity index (χ2v) is 5.19. The van der Waals surface area contributed by atoms with E-state index < -0.39 is 0 Å². The van der Waals surface area contributed by atoms with Gasteiger partial charge in [0.1, 0.15) is 5.82 Å². The maximum atomic E-state index is 13.2. The number of hydrogen-bond acceptors (Lipinski definition) is 1. The molecule has 20 heavy (non-hydrogen) atoms. The first-order valence-corrected chi connectivity index (χ1v) is 6.61. The molecule has 2 rings (SSSR count). The highest BCUT2D eigenvalue weighted by molar-refractivity contribution is 6.30. The number of benzene rings is 2. The molecule has 0 heterocycles. The molecule has 2 nitrogen and oxygen atoms in total. The average molecular weight is 292 g/mol. The maximum absolute atomic E-state index is 13.2. The van der Waals surface area contributed by atoms with E-state index in [0.29, 0.717) is 22.7 Å². The fourth-order valence-corrected chi connectivity index (χ4v) is 2.19. The molecule has 4 heteroatoms. The fourth-order valence-electron chi connectivity index (χ4n) is 1.98. The first-order chi connectivity index (χ1) is 9.47. The highest BCUT2D eigenvalue weighted by Gasteiger charge is 2.13. The number of carbonyl (C=O) groups is 1. The monoisotopic (exact) mass is 291 g/mol. The summed E-state index contributed by atoms with van der Waals surface area (Å²) < 4.78 is 13.2. The van der Waals surface area contributed by atoms with Crippen molar-refractivity contribution in [2.75, 3.05) is 7.05 Å². The molecule has 0 radical (unpaired) electrons. The summed E-state index contributed by atoms with van der Waals surface area (Å²) in [7, 11) is 1.71. The molecule has 0 fully saturated rings. The predicted octanol–water partition coefficient (Wildman–Crippen LogP) is 4.06. The van der Waals surface area contributed by atoms with E-state index in [0.717, 1.165) is 5.56 Å². The van der Waals surface area contributed by atoms with E-state index in [-0.39, 0.29) is 11.7 Å². The van der Waals surface area contributed by atoms with Crippen molar-refractivity contribution >= 4 is 17.5 Å². The van der Waals surface area contributed by atoms with Gasteiger partial charge < -0.3 is 4.90 Å². The first-order valence-electron chi connectivity index (χ1n) is 6.23. The van der Waals surface area contributed by atoms with Gasteiger partial charge in [-0.3, -0.25) is 4.79 Å². The Morgan fingerprint density at radius 1 is 1.25 bits per heavy atom. The Balaban J connectivity index is 2.14. The second-order valence-electron chi connectivity index (χ2n) is 4.76. The second kappa shape index (κ2) is 6.06. The van der Waals surface area contributed by atoms with Crippen LogP contribution in [0.15, 0.2) is 42.5 Å². The Morgan fingerprint density at radius 2 is 2.00 bits per heavy atom. The van der Waals surface area contributed by atoms with Crippen LogP contribution in [0, 0.1) is 12.7 Å². The molecule has 2 aromatic rings. The molecule has 104 valence electrons. The molecule has 0 spiro atoms. The minimum Gasteiger partial charge on any atom is -0.337 e. The molecule has 0 atom stereocenters. The molecule has 0 aromatic heterocycles. The number of hydrogen-bond donors (Lipinski definition) is 0. The van der Waals surface area contributed by atoms with Gasteiger partial charge >= 0.3 is 0 Å². The largest absolute Gasteiger partial charge is 0.337 e. The van der Waals surface area contributed by atoms with Crippen LogP contribution in [-0.2, 0) is 6.54 Å². The lowest BCUT2D eigenvalue weighted by Crippen LogP contribution is -2.26. The van der Waals surface area contributed by atoms with E-state index in [9.17, 15) is 9.18 Å². The van der Waals surface area contributed by atoms with E-state index in [4.69, 9.17) is 11.6 Å². The summed E-state index contributed by atoms with van der Waals surface area (Å²) in [5.41, 5.74) is 1.90. The smallest absolute Gasteiger partial charge is 0.253 e. The summed E-state index contributed by atoms with van der Waals surface area (Å²) in [5.74, 6) is -0.452. The minimum absolute atomic E-state index is 0.145. The molecule has 0 aliphatic rings. The third-order valence-corrected chi connectivity index (χ3v) is 3.30. The summed E-state index contributed by atoms with van der Waals surface area (Å²) in [6, 6.07) is 11.7. The van der Waals surface area contributed by atoms with Crippen molar-refractivity contribution < 1.29 is 9.18 Å². The fraction of sp³-hybridized carbons (Fsp3) is 0.188. The number of nitrogens with zero attached hydrogens (tertiary/aromatic N) is 1. The van der Waals surface area contributed by atoms with Gasteiger partial charge in [-0.15, -0.1) is 0 Å². The molecule has 0 unspecified atom stereocenters. The molecule has 0 saturated carbocycles. The van der Waals surface area contributed by atoms with Crippen molar-refractivity contribution in [2.45, 2.75) is 13.5 Å². The van der Waals surface area contributed by atoms with Crippen molar-refractivity contribution in [3.05, 3.63) is 70.0 Å². The standard InChI is InChI=1S/C16H15ClFNO/c1-11-8-13(6-7-15(11)18)16(20)19(2)10-12-4-3-5-14(17)9-12/h3-9H,10H2,1-2H3. The van der Waals surface area contributed by atoms with Crippen LogP contribution in [0.5, 0.6) is 0 Å². The van der Waals surface area contributed by atoms with Crippen LogP contribution in [0.1, 0.15) is 21.5 Å². The van der Waals surface area contributed by atoms with Gasteiger partial charge in [-0.1, -0.05) is 23.7 Å². The van der Waals surface area contributed by atoms with Crippen molar-refractivity contribution in [1.29, 1.82) is 0 Å². The zero-order valence-electron chi connectivity index (χ0n) is 11.4. The van der Waals surface area contributed by atoms with Gasteiger partial charge in [-0.25, -0.2) is 4.39 Å². The summed E-state index contributed by atoms with van der Waals surface area (Å²) in [6.07, 6.45) is 0. The number of amides is 1. The Morgan fingerprint density at radius 3 is 2.65 bits per heavy atom. The molecule has 0 N–H and O–H groups in total. The van der Waals surface area contributed by atoms with E-state index in [1.165, 1.54) is 12.1 Å². The molecule has 0 aliphatic heterocycles. The van der Waals surface area contributed by atoms with Crippen molar-refractivity contribution in [1.82, 2.24) is 4.90 Å². The van der Waals surface area contributed by atoms with Gasteiger partial charge in [0, 0.05) is 24.2 Å². The molecular weight excluding hydrogens is 277 g/mol. The SMILES string of the molecule is Cc1cc(C(=O)N(C)Cc2cccc(Cl)c2)ccc1F. The molecule has 1 amide bonds. The molecule has 0 aliphatic carbocycles. The Labute approximate surface area is 122 Å². The quantitative estimate of drug-likeness (QED) is 0.835. The lowest BCUT2D eigenvalue weighted by molar-refractivity contribution is 0.0785. The highest BCUT2D eigenvalue weighted by atomic mass is 35.5. The van der Waals surface area contributed by atoms with Crippen molar-refractivity contribution in [3.8, 4) is 0 Å². The maximum Gasteiger partial charge on any atom is 0.253 e. The van der Waals surface area contributed by atoms with Gasteiger partial charge in [0.05, 0.1) is 0 Å². The van der Waals surface area contributed by atoms with Gasteiger partial charge in [-0.2, -0.15) is 0 Å². The molecule has 0 saturated heterocycles. The minimum atomic E-state index is -0.306. The first kappa shape index (κ1) is 14.5. The van der Waals surface area contributed by atoms with Crippen LogP contribution in [0.4, 0.5) is 4.39 Å². The molecule has 2 aromatic carbocycles. The topological polar surface area (TPSA) is 20.3 Å². The van der Waals surface area contributed by atoms with E-state index in [1.54, 1.807) is 31.0 Å². The van der Waals surface area contributed by atoms with E-state index >= 15 is 0 Å². The van der Waals surface area contributed by atoms with Gasteiger partial charge in [0.15, 0.2) is 0 Å². The Kier molecular flexibility index (Phi) is 4.40. The predicted molar refractivity (Wildman–Crippen MR) is 78.4 cm³/mol. The lowest BCUT2D eigenvalue weighted by atomic mass is 10.1. The number of aryl methyl sites for hydroxylation is 1. The zero-order chi connectivity index (χ0) is 14.7. The average Bonchev–Trinajstić information content (AvgIpc) is 2.41. The van der Waals surface area contributed by atoms with Crippen LogP contribution < -0.4 is 0 Å². The normalized spacial score (nSPS) is 10.4. The van der Waals surface area contributed by atoms with Crippen molar-refractivity contribution in [3.63, 3.8) is 0 Å². The molecule has 0 bridgehead atoms. The van der Waals surface area contributed by atoms with Crippen molar-refractivity contribution in [2.24, 2.45) is 0 Å². The summed E-state index contributed by atoms with van der Waals surface area (Å²) in [4.78, 5) is 13.8. The third kappa shape index (κ3) is 3.36. The van der Waals surface area contributed by atoms with E-state index in [1.807, 2.05) is 18.2 Å². The van der Waals surface area contributed by atoms with Crippen LogP contribution in [0.25, 0.3) is 0 Å². The number of carbonyl (C=O) groups excluding carboxylic acids is 1. The van der Waals surface area contributed by atoms with Gasteiger partial charge in [-0.05, 0) is 48.4 Å². The van der Waals surface area contributed by atoms with E-state index in [2.05, 4.69) is 0 Å². The van der Waals surface area contributed by atoms with Crippen LogP contribution in [0.3, 0.4) is 0 Å². The third-order valence-electron chi connectivity index (χ3n) is 3.06. The van der Waals surface area contributed by atoms with Crippen LogP contribution in [0.2, 0.25) is 5.02 Å². The number of halogens is 2. The number of rotatable bonds is 3. The molecular formula is C16H15ClFNO. The van der Waals surface area contributed by atoms with Gasteiger partial charge in [0.2, 0.25) is 0 Å². The summed E-state index contributed by atoms with van der Waals surface area (Å²) in [6.45, 7) is 2.10. The lowest BCUT2D eigenvalue weighted by Gasteiger charge is -2.18. The van der Waals surface area contributed by atoms with Crippen LogP contribution in [-0.4, -0.2) is 17.9 Å². The Hall–Kier alpha value is -1.87. The summed E-state index contributed by atoms with van der Waals surface area (Å²) >= 11 is 5.92. The summed E-state index contributed by atoms with van der Waals surface area (Å²) in [5, 5.41) is 0.640. The Bertz CT molecular complexity index is 642. The zero-order valence-corrected chi connectivity index (χ0v) is 12.1.